The lowest BCUT2D eigenvalue weighted by Gasteiger charge is -2.26. The predicted molar refractivity (Wildman–Crippen MR) is 76.5 cm³/mol. The van der Waals surface area contributed by atoms with E-state index in [0.717, 1.165) is 45.5 Å². The number of hydrogen-bond donors (Lipinski definition) is 2. The summed E-state index contributed by atoms with van der Waals surface area (Å²) in [6, 6.07) is 0. The second kappa shape index (κ2) is 12.8. The minimum atomic E-state index is -0.158. The zero-order chi connectivity index (χ0) is 14.4. The van der Waals surface area contributed by atoms with Gasteiger partial charge in [0.05, 0.1) is 19.8 Å². The molecule has 0 fully saturated rings. The van der Waals surface area contributed by atoms with Gasteiger partial charge in [-0.1, -0.05) is 0 Å². The molecule has 0 aromatic rings. The van der Waals surface area contributed by atoms with Gasteiger partial charge in [-0.2, -0.15) is 0 Å². The van der Waals surface area contributed by atoms with Crippen LogP contribution in [0.1, 0.15) is 32.6 Å². The maximum atomic E-state index is 9.23. The fraction of sp³-hybridized carbons (Fsp3) is 1.00. The molecule has 5 heteroatoms. The van der Waals surface area contributed by atoms with Crippen molar-refractivity contribution < 1.29 is 19.3 Å². The summed E-state index contributed by atoms with van der Waals surface area (Å²) >= 11 is 0. The SMILES string of the molecule is CNC(C)(CO)CCCCOCCCOCCOC. The molecule has 116 valence electrons. The van der Waals surface area contributed by atoms with Gasteiger partial charge in [0.25, 0.3) is 0 Å². The van der Waals surface area contributed by atoms with Crippen molar-refractivity contribution >= 4 is 0 Å². The van der Waals surface area contributed by atoms with Crippen LogP contribution in [0.2, 0.25) is 0 Å². The third kappa shape index (κ3) is 11.3. The van der Waals surface area contributed by atoms with Gasteiger partial charge in [0.15, 0.2) is 0 Å². The summed E-state index contributed by atoms with van der Waals surface area (Å²) in [5.41, 5.74) is -0.158. The largest absolute Gasteiger partial charge is 0.394 e. The Bertz CT molecular complexity index is 186. The number of rotatable bonds is 14. The normalized spacial score (nSPS) is 14.5. The molecule has 1 atom stereocenters. The Kier molecular flexibility index (Phi) is 12.7. The van der Waals surface area contributed by atoms with Crippen LogP contribution >= 0.6 is 0 Å². The van der Waals surface area contributed by atoms with Crippen molar-refractivity contribution in [2.24, 2.45) is 0 Å². The van der Waals surface area contributed by atoms with Gasteiger partial charge in [-0.15, -0.1) is 0 Å². The molecular weight excluding hydrogens is 246 g/mol. The second-order valence-electron chi connectivity index (χ2n) is 5.00. The Labute approximate surface area is 117 Å². The number of unbranched alkanes of at least 4 members (excludes halogenated alkanes) is 1. The summed E-state index contributed by atoms with van der Waals surface area (Å²) in [5, 5.41) is 12.4. The lowest BCUT2D eigenvalue weighted by molar-refractivity contribution is 0.0504. The van der Waals surface area contributed by atoms with E-state index in [0.29, 0.717) is 13.2 Å². The molecule has 0 bridgehead atoms. The van der Waals surface area contributed by atoms with Crippen LogP contribution < -0.4 is 5.32 Å². The number of aliphatic hydroxyl groups is 1. The van der Waals surface area contributed by atoms with E-state index < -0.39 is 0 Å². The van der Waals surface area contributed by atoms with Crippen LogP contribution in [0.4, 0.5) is 0 Å². The van der Waals surface area contributed by atoms with E-state index in [9.17, 15) is 5.11 Å². The van der Waals surface area contributed by atoms with E-state index in [4.69, 9.17) is 14.2 Å². The van der Waals surface area contributed by atoms with E-state index in [1.54, 1.807) is 7.11 Å². The number of ether oxygens (including phenoxy) is 3. The minimum Gasteiger partial charge on any atom is -0.394 e. The van der Waals surface area contributed by atoms with Crippen LogP contribution in [0, 0.1) is 0 Å². The number of likely N-dealkylation sites (N-methyl/N-ethyl adjacent to an activating group) is 1. The Balaban J connectivity index is 3.19. The standard InChI is InChI=1S/C14H31NO4/c1-14(13-16,15-2)7-4-5-8-18-9-6-10-19-12-11-17-3/h15-16H,4-13H2,1-3H3. The zero-order valence-electron chi connectivity index (χ0n) is 12.7. The molecule has 0 saturated heterocycles. The van der Waals surface area contributed by atoms with Crippen LogP contribution in [0.5, 0.6) is 0 Å². The average molecular weight is 277 g/mol. The molecule has 0 amide bonds. The molecule has 0 heterocycles. The van der Waals surface area contributed by atoms with Gasteiger partial charge in [0.1, 0.15) is 0 Å². The summed E-state index contributed by atoms with van der Waals surface area (Å²) in [4.78, 5) is 0. The Morgan fingerprint density at radius 2 is 1.58 bits per heavy atom. The highest BCUT2D eigenvalue weighted by molar-refractivity contribution is 4.79. The minimum absolute atomic E-state index is 0.158. The van der Waals surface area contributed by atoms with E-state index in [1.807, 2.05) is 14.0 Å². The molecule has 0 aliphatic carbocycles. The molecule has 19 heavy (non-hydrogen) atoms. The monoisotopic (exact) mass is 277 g/mol. The van der Waals surface area contributed by atoms with E-state index in [2.05, 4.69) is 5.32 Å². The molecule has 0 radical (unpaired) electrons. The van der Waals surface area contributed by atoms with Gasteiger partial charge in [-0.3, -0.25) is 0 Å². The first kappa shape index (κ1) is 18.8. The third-order valence-corrected chi connectivity index (χ3v) is 3.23. The molecule has 0 aromatic heterocycles. The zero-order valence-corrected chi connectivity index (χ0v) is 12.7. The maximum Gasteiger partial charge on any atom is 0.0700 e. The predicted octanol–water partition coefficient (Wildman–Crippen LogP) is 1.20. The third-order valence-electron chi connectivity index (χ3n) is 3.23. The first-order valence-electron chi connectivity index (χ1n) is 7.12. The lowest BCUT2D eigenvalue weighted by Crippen LogP contribution is -2.43. The molecule has 0 aliphatic heterocycles. The molecule has 1 unspecified atom stereocenters. The smallest absolute Gasteiger partial charge is 0.0700 e. The van der Waals surface area contributed by atoms with Crippen LogP contribution in [-0.4, -0.2) is 64.4 Å². The summed E-state index contributed by atoms with van der Waals surface area (Å²) in [6.45, 7) is 5.76. The van der Waals surface area contributed by atoms with Crippen LogP contribution in [-0.2, 0) is 14.2 Å². The molecule has 5 nitrogen and oxygen atoms in total. The van der Waals surface area contributed by atoms with Gasteiger partial charge >= 0.3 is 0 Å². The summed E-state index contributed by atoms with van der Waals surface area (Å²) in [7, 11) is 3.55. The first-order chi connectivity index (χ1) is 9.18. The molecule has 0 aliphatic rings. The Morgan fingerprint density at radius 3 is 2.16 bits per heavy atom. The van der Waals surface area contributed by atoms with Gasteiger partial charge in [0, 0.05) is 32.5 Å². The molecule has 0 spiro atoms. The summed E-state index contributed by atoms with van der Waals surface area (Å²) in [5.74, 6) is 0. The van der Waals surface area contributed by atoms with Gasteiger partial charge in [-0.25, -0.2) is 0 Å². The van der Waals surface area contributed by atoms with Crippen LogP contribution in [0.15, 0.2) is 0 Å². The highest BCUT2D eigenvalue weighted by Gasteiger charge is 2.19. The first-order valence-corrected chi connectivity index (χ1v) is 7.12. The highest BCUT2D eigenvalue weighted by Crippen LogP contribution is 2.12. The van der Waals surface area contributed by atoms with Crippen molar-refractivity contribution in [2.45, 2.75) is 38.1 Å². The fourth-order valence-corrected chi connectivity index (χ4v) is 1.61. The Hall–Kier alpha value is -0.200. The Morgan fingerprint density at radius 1 is 0.947 bits per heavy atom. The van der Waals surface area contributed by atoms with Crippen molar-refractivity contribution in [3.8, 4) is 0 Å². The van der Waals surface area contributed by atoms with Crippen LogP contribution in [0.25, 0.3) is 0 Å². The molecular formula is C14H31NO4. The number of hydrogen-bond acceptors (Lipinski definition) is 5. The van der Waals surface area contributed by atoms with Gasteiger partial charge < -0.3 is 24.6 Å². The molecule has 2 N–H and O–H groups in total. The summed E-state index contributed by atoms with van der Waals surface area (Å²) < 4.78 is 15.7. The molecule has 0 aromatic carbocycles. The van der Waals surface area contributed by atoms with Crippen molar-refractivity contribution in [1.82, 2.24) is 5.32 Å². The highest BCUT2D eigenvalue weighted by atomic mass is 16.5. The summed E-state index contributed by atoms with van der Waals surface area (Å²) in [6.07, 6.45) is 3.97. The fourth-order valence-electron chi connectivity index (χ4n) is 1.61. The quantitative estimate of drug-likeness (QED) is 0.467. The average Bonchev–Trinajstić information content (AvgIpc) is 2.44. The van der Waals surface area contributed by atoms with E-state index in [-0.39, 0.29) is 12.1 Å². The van der Waals surface area contributed by atoms with E-state index in [1.165, 1.54) is 0 Å². The number of nitrogens with one attached hydrogen (secondary N) is 1. The van der Waals surface area contributed by atoms with E-state index >= 15 is 0 Å². The van der Waals surface area contributed by atoms with Crippen molar-refractivity contribution in [3.05, 3.63) is 0 Å². The van der Waals surface area contributed by atoms with Crippen molar-refractivity contribution in [3.63, 3.8) is 0 Å². The van der Waals surface area contributed by atoms with Crippen LogP contribution in [0.3, 0.4) is 0 Å². The maximum absolute atomic E-state index is 9.23. The molecule has 0 rings (SSSR count). The lowest BCUT2D eigenvalue weighted by atomic mass is 9.96. The topological polar surface area (TPSA) is 60.0 Å². The van der Waals surface area contributed by atoms with Gasteiger partial charge in [0.2, 0.25) is 0 Å². The van der Waals surface area contributed by atoms with Crippen molar-refractivity contribution in [2.75, 3.05) is 53.8 Å². The number of aliphatic hydroxyl groups excluding tert-OH is 1. The second-order valence-corrected chi connectivity index (χ2v) is 5.00. The van der Waals surface area contributed by atoms with Crippen molar-refractivity contribution in [1.29, 1.82) is 0 Å². The number of methoxy groups -OCH3 is 1. The van der Waals surface area contributed by atoms with Gasteiger partial charge in [-0.05, 0) is 39.7 Å². The molecule has 0 saturated carbocycles.